The topological polar surface area (TPSA) is 85.4 Å². The lowest BCUT2D eigenvalue weighted by Gasteiger charge is -2.10. The van der Waals surface area contributed by atoms with E-state index in [1.54, 1.807) is 24.3 Å². The van der Waals surface area contributed by atoms with Crippen LogP contribution in [0.3, 0.4) is 0 Å². The maximum atomic E-state index is 13.1. The van der Waals surface area contributed by atoms with Gasteiger partial charge in [-0.3, -0.25) is 14.2 Å². The molecule has 160 valence electrons. The molecule has 3 aromatic carbocycles. The highest BCUT2D eigenvalue weighted by atomic mass is 32.1. The summed E-state index contributed by atoms with van der Waals surface area (Å²) in [4.78, 5) is 28.6. The summed E-state index contributed by atoms with van der Waals surface area (Å²) < 4.78 is 12.6. The molecule has 8 heteroatoms. The quantitative estimate of drug-likeness (QED) is 0.457. The Morgan fingerprint density at radius 1 is 1.00 bits per heavy atom. The zero-order chi connectivity index (χ0) is 22.1. The predicted octanol–water partition coefficient (Wildman–Crippen LogP) is 3.77. The Morgan fingerprint density at radius 3 is 2.47 bits per heavy atom. The lowest BCUT2D eigenvalue weighted by molar-refractivity contribution is 0.0951. The average molecular weight is 446 g/mol. The van der Waals surface area contributed by atoms with Gasteiger partial charge in [0.25, 0.3) is 11.5 Å². The molecule has 0 atom stereocenters. The van der Waals surface area contributed by atoms with E-state index in [-0.39, 0.29) is 24.8 Å². The van der Waals surface area contributed by atoms with E-state index in [1.807, 2.05) is 42.5 Å². The molecule has 0 aliphatic carbocycles. The van der Waals surface area contributed by atoms with Crippen molar-refractivity contribution in [2.45, 2.75) is 13.1 Å². The van der Waals surface area contributed by atoms with E-state index >= 15 is 0 Å². The van der Waals surface area contributed by atoms with Gasteiger partial charge in [0.1, 0.15) is 0 Å². The maximum Gasteiger partial charge on any atom is 0.262 e. The van der Waals surface area contributed by atoms with Crippen molar-refractivity contribution in [1.29, 1.82) is 0 Å². The molecule has 2 heterocycles. The van der Waals surface area contributed by atoms with Gasteiger partial charge in [-0.25, -0.2) is 0 Å². The molecule has 5 rings (SSSR count). The van der Waals surface area contributed by atoms with Gasteiger partial charge < -0.3 is 19.8 Å². The average Bonchev–Trinajstić information content (AvgIpc) is 3.28. The fourth-order valence-electron chi connectivity index (χ4n) is 3.61. The Hall–Kier alpha value is -3.91. The number of hydrogen-bond acceptors (Lipinski definition) is 5. The summed E-state index contributed by atoms with van der Waals surface area (Å²) in [5, 5.41) is 3.38. The number of amides is 1. The Bertz CT molecular complexity index is 1430. The van der Waals surface area contributed by atoms with Crippen molar-refractivity contribution in [2.24, 2.45) is 0 Å². The third kappa shape index (κ3) is 3.88. The number of nitrogens with zero attached hydrogens (tertiary/aromatic N) is 1. The standard InChI is InChI=1S/C24H19N3O4S/c28-22(25-12-15-4-2-1-3-5-15)17-8-6-16(7-9-17)13-27-23(29)18-10-20-21(31-14-30-20)11-19(18)26-24(27)32/h1-11H,12-14H2,(H,25,28)(H,26,32). The van der Waals surface area contributed by atoms with Crippen molar-refractivity contribution >= 4 is 29.0 Å². The monoisotopic (exact) mass is 445 g/mol. The van der Waals surface area contributed by atoms with Gasteiger partial charge in [0, 0.05) is 18.2 Å². The normalized spacial score (nSPS) is 12.1. The number of hydrogen-bond donors (Lipinski definition) is 2. The first-order chi connectivity index (χ1) is 15.6. The van der Waals surface area contributed by atoms with Crippen LogP contribution in [-0.4, -0.2) is 22.3 Å². The Balaban J connectivity index is 1.35. The summed E-state index contributed by atoms with van der Waals surface area (Å²) in [6, 6.07) is 20.2. The summed E-state index contributed by atoms with van der Waals surface area (Å²) in [7, 11) is 0. The van der Waals surface area contributed by atoms with E-state index in [2.05, 4.69) is 10.3 Å². The third-order valence-corrected chi connectivity index (χ3v) is 5.65. The van der Waals surface area contributed by atoms with Crippen molar-refractivity contribution in [3.8, 4) is 11.5 Å². The van der Waals surface area contributed by atoms with Gasteiger partial charge in [0.05, 0.1) is 17.4 Å². The predicted molar refractivity (Wildman–Crippen MR) is 123 cm³/mol. The zero-order valence-electron chi connectivity index (χ0n) is 17.0. The SMILES string of the molecule is O=C(NCc1ccccc1)c1ccc(Cn2c(=S)[nH]c3cc4c(cc3c2=O)OCO4)cc1. The first kappa shape index (κ1) is 20.0. The number of fused-ring (bicyclic) bond motifs is 2. The van der Waals surface area contributed by atoms with Gasteiger partial charge in [-0.2, -0.15) is 0 Å². The van der Waals surface area contributed by atoms with Crippen molar-refractivity contribution in [1.82, 2.24) is 14.9 Å². The first-order valence-corrected chi connectivity index (χ1v) is 10.5. The van der Waals surface area contributed by atoms with Crippen molar-refractivity contribution < 1.29 is 14.3 Å². The fourth-order valence-corrected chi connectivity index (χ4v) is 3.87. The summed E-state index contributed by atoms with van der Waals surface area (Å²) in [6.45, 7) is 0.873. The van der Waals surface area contributed by atoms with E-state index in [4.69, 9.17) is 21.7 Å². The molecular formula is C24H19N3O4S. The molecule has 2 N–H and O–H groups in total. The van der Waals surface area contributed by atoms with Crippen molar-refractivity contribution in [2.75, 3.05) is 6.79 Å². The molecule has 0 spiro atoms. The van der Waals surface area contributed by atoms with Gasteiger partial charge in [-0.05, 0) is 41.5 Å². The maximum absolute atomic E-state index is 13.1. The number of rotatable bonds is 5. The second-order valence-corrected chi connectivity index (χ2v) is 7.82. The van der Waals surface area contributed by atoms with Crippen LogP contribution < -0.4 is 20.3 Å². The van der Waals surface area contributed by atoms with Crippen LogP contribution in [0.5, 0.6) is 11.5 Å². The highest BCUT2D eigenvalue weighted by Crippen LogP contribution is 2.34. The lowest BCUT2D eigenvalue weighted by Crippen LogP contribution is -2.23. The largest absolute Gasteiger partial charge is 0.454 e. The number of ether oxygens (including phenoxy) is 2. The minimum absolute atomic E-state index is 0.131. The molecule has 0 fully saturated rings. The van der Waals surface area contributed by atoms with Gasteiger partial charge >= 0.3 is 0 Å². The van der Waals surface area contributed by atoms with Gasteiger partial charge in [-0.1, -0.05) is 42.5 Å². The zero-order valence-corrected chi connectivity index (χ0v) is 17.8. The van der Waals surface area contributed by atoms with Crippen molar-refractivity contribution in [3.05, 3.63) is 98.5 Å². The van der Waals surface area contributed by atoms with Gasteiger partial charge in [0.15, 0.2) is 16.3 Å². The van der Waals surface area contributed by atoms with Crippen LogP contribution >= 0.6 is 12.2 Å². The Morgan fingerprint density at radius 2 is 1.72 bits per heavy atom. The number of nitrogens with one attached hydrogen (secondary N) is 2. The molecular weight excluding hydrogens is 426 g/mol. The van der Waals surface area contributed by atoms with Crippen molar-refractivity contribution in [3.63, 3.8) is 0 Å². The van der Waals surface area contributed by atoms with E-state index in [0.717, 1.165) is 11.1 Å². The number of aromatic amines is 1. The fraction of sp³-hybridized carbons (Fsp3) is 0.125. The number of benzene rings is 3. The Labute approximate surface area is 188 Å². The smallest absolute Gasteiger partial charge is 0.262 e. The summed E-state index contributed by atoms with van der Waals surface area (Å²) in [6.07, 6.45) is 0. The number of carbonyl (C=O) groups is 1. The molecule has 1 amide bonds. The lowest BCUT2D eigenvalue weighted by atomic mass is 10.1. The molecule has 1 aliphatic heterocycles. The second-order valence-electron chi connectivity index (χ2n) is 7.44. The van der Waals surface area contributed by atoms with Gasteiger partial charge in [0.2, 0.25) is 6.79 Å². The summed E-state index contributed by atoms with van der Waals surface area (Å²) in [5.74, 6) is 0.968. The third-order valence-electron chi connectivity index (χ3n) is 5.33. The minimum Gasteiger partial charge on any atom is -0.454 e. The number of aromatic nitrogens is 2. The van der Waals surface area contributed by atoms with Crippen LogP contribution in [0.2, 0.25) is 0 Å². The molecule has 0 radical (unpaired) electrons. The van der Waals surface area contributed by atoms with Crippen LogP contribution in [0.4, 0.5) is 0 Å². The molecule has 7 nitrogen and oxygen atoms in total. The van der Waals surface area contributed by atoms with Crippen LogP contribution in [0.15, 0.2) is 71.5 Å². The molecule has 0 saturated carbocycles. The van der Waals surface area contributed by atoms with Crippen LogP contribution in [0.25, 0.3) is 10.9 Å². The molecule has 1 aliphatic rings. The molecule has 32 heavy (non-hydrogen) atoms. The second kappa shape index (κ2) is 8.32. The minimum atomic E-state index is -0.216. The summed E-state index contributed by atoms with van der Waals surface area (Å²) >= 11 is 5.41. The van der Waals surface area contributed by atoms with Crippen LogP contribution in [-0.2, 0) is 13.1 Å². The molecule has 4 aromatic rings. The van der Waals surface area contributed by atoms with E-state index in [0.29, 0.717) is 39.3 Å². The van der Waals surface area contributed by atoms with E-state index in [9.17, 15) is 9.59 Å². The van der Waals surface area contributed by atoms with Crippen LogP contribution in [0, 0.1) is 4.77 Å². The molecule has 0 bridgehead atoms. The molecule has 0 saturated heterocycles. The van der Waals surface area contributed by atoms with E-state index < -0.39 is 0 Å². The number of carbonyl (C=O) groups excluding carboxylic acids is 1. The Kier molecular flexibility index (Phi) is 5.20. The highest BCUT2D eigenvalue weighted by Gasteiger charge is 2.17. The number of H-pyrrole nitrogens is 1. The molecule has 1 aromatic heterocycles. The van der Waals surface area contributed by atoms with E-state index in [1.165, 1.54) is 4.57 Å². The highest BCUT2D eigenvalue weighted by molar-refractivity contribution is 7.71. The van der Waals surface area contributed by atoms with Crippen LogP contribution in [0.1, 0.15) is 21.5 Å². The van der Waals surface area contributed by atoms with Gasteiger partial charge in [-0.15, -0.1) is 0 Å². The first-order valence-electron chi connectivity index (χ1n) is 10.1. The molecule has 0 unspecified atom stereocenters. The summed E-state index contributed by atoms with van der Waals surface area (Å²) in [5.41, 5.74) is 2.82.